The molecule has 1 aromatic carbocycles. The maximum atomic E-state index is 12.8. The third-order valence-corrected chi connectivity index (χ3v) is 5.20. The van der Waals surface area contributed by atoms with E-state index in [4.69, 9.17) is 0 Å². The van der Waals surface area contributed by atoms with Crippen LogP contribution in [-0.4, -0.2) is 32.6 Å². The Morgan fingerprint density at radius 1 is 1.25 bits per heavy atom. The molecule has 0 aliphatic carbocycles. The number of nitrogens with zero attached hydrogens (tertiary/aromatic N) is 4. The predicted molar refractivity (Wildman–Crippen MR) is 95.7 cm³/mol. The molecule has 0 saturated heterocycles. The molecule has 0 bridgehead atoms. The summed E-state index contributed by atoms with van der Waals surface area (Å²) >= 11 is 1.66. The summed E-state index contributed by atoms with van der Waals surface area (Å²) in [5.74, 6) is 0.0599. The zero-order chi connectivity index (χ0) is 17.3. The number of aromatic nitrogens is 3. The molecule has 2 aromatic heterocycles. The van der Waals surface area contributed by atoms with E-state index < -0.39 is 0 Å². The fourth-order valence-electron chi connectivity index (χ4n) is 2.68. The third kappa shape index (κ3) is 3.10. The van der Waals surface area contributed by atoms with Crippen molar-refractivity contribution in [2.24, 2.45) is 0 Å². The first-order valence-corrected chi connectivity index (χ1v) is 8.58. The van der Waals surface area contributed by atoms with Gasteiger partial charge in [-0.05, 0) is 44.5 Å². The van der Waals surface area contributed by atoms with Crippen LogP contribution in [0.3, 0.4) is 0 Å². The van der Waals surface area contributed by atoms with E-state index in [2.05, 4.69) is 10.1 Å². The fourth-order valence-corrected chi connectivity index (χ4v) is 3.60. The summed E-state index contributed by atoms with van der Waals surface area (Å²) < 4.78 is 1.71. The monoisotopic (exact) mass is 340 g/mol. The van der Waals surface area contributed by atoms with Gasteiger partial charge in [0.15, 0.2) is 0 Å². The van der Waals surface area contributed by atoms with Gasteiger partial charge in [0, 0.05) is 16.8 Å². The van der Waals surface area contributed by atoms with E-state index in [1.54, 1.807) is 27.2 Å². The van der Waals surface area contributed by atoms with Crippen molar-refractivity contribution in [3.05, 3.63) is 63.9 Å². The molecule has 1 atom stereocenters. The van der Waals surface area contributed by atoms with Crippen LogP contribution >= 0.6 is 11.3 Å². The van der Waals surface area contributed by atoms with Gasteiger partial charge in [0.1, 0.15) is 12.7 Å². The first-order valence-electron chi connectivity index (χ1n) is 7.76. The minimum absolute atomic E-state index is 0.0121. The van der Waals surface area contributed by atoms with E-state index >= 15 is 0 Å². The highest BCUT2D eigenvalue weighted by atomic mass is 32.1. The summed E-state index contributed by atoms with van der Waals surface area (Å²) in [6.07, 6.45) is 3.17. The van der Waals surface area contributed by atoms with Crippen LogP contribution in [-0.2, 0) is 0 Å². The molecule has 0 saturated carbocycles. The maximum Gasteiger partial charge on any atom is 0.255 e. The van der Waals surface area contributed by atoms with Gasteiger partial charge in [0.2, 0.25) is 0 Å². The zero-order valence-corrected chi connectivity index (χ0v) is 15.0. The van der Waals surface area contributed by atoms with Crippen molar-refractivity contribution in [3.63, 3.8) is 0 Å². The van der Waals surface area contributed by atoms with Gasteiger partial charge >= 0.3 is 0 Å². The normalized spacial score (nSPS) is 12.2. The van der Waals surface area contributed by atoms with Crippen molar-refractivity contribution in [3.8, 4) is 5.69 Å². The van der Waals surface area contributed by atoms with Crippen molar-refractivity contribution in [2.45, 2.75) is 26.8 Å². The minimum atomic E-state index is -0.0121. The lowest BCUT2D eigenvalue weighted by Gasteiger charge is -2.25. The average Bonchev–Trinajstić information content (AvgIpc) is 3.22. The van der Waals surface area contributed by atoms with Crippen molar-refractivity contribution in [2.75, 3.05) is 7.05 Å². The van der Waals surface area contributed by atoms with Gasteiger partial charge in [-0.2, -0.15) is 5.10 Å². The summed E-state index contributed by atoms with van der Waals surface area (Å²) in [7, 11) is 1.85. The Labute approximate surface area is 145 Å². The second kappa shape index (κ2) is 6.57. The number of rotatable bonds is 4. The molecule has 0 fully saturated rings. The number of amides is 1. The highest BCUT2D eigenvalue weighted by molar-refractivity contribution is 7.12. The summed E-state index contributed by atoms with van der Waals surface area (Å²) in [5, 5.41) is 4.12. The Morgan fingerprint density at radius 3 is 2.50 bits per heavy atom. The molecule has 0 aliphatic rings. The van der Waals surface area contributed by atoms with Crippen LogP contribution in [0.15, 0.2) is 43.0 Å². The molecule has 0 radical (unpaired) electrons. The SMILES string of the molecule is Cc1cc(C(=O)N(C)C(C)c2ccc(-n3cncn3)cc2)c(C)s1. The quantitative estimate of drug-likeness (QED) is 0.726. The van der Waals surface area contributed by atoms with Gasteiger partial charge in [-0.3, -0.25) is 4.79 Å². The largest absolute Gasteiger partial charge is 0.335 e. The van der Waals surface area contributed by atoms with Crippen molar-refractivity contribution >= 4 is 17.2 Å². The first-order chi connectivity index (χ1) is 11.5. The van der Waals surface area contributed by atoms with Gasteiger partial charge in [0.05, 0.1) is 17.3 Å². The summed E-state index contributed by atoms with van der Waals surface area (Å²) in [6.45, 7) is 6.06. The summed E-state index contributed by atoms with van der Waals surface area (Å²) in [5.41, 5.74) is 2.83. The number of thiophene rings is 1. The number of hydrogen-bond donors (Lipinski definition) is 0. The van der Waals surface area contributed by atoms with Crippen LogP contribution in [0.5, 0.6) is 0 Å². The van der Waals surface area contributed by atoms with Gasteiger partial charge in [-0.25, -0.2) is 9.67 Å². The van der Waals surface area contributed by atoms with Gasteiger partial charge in [0.25, 0.3) is 5.91 Å². The van der Waals surface area contributed by atoms with Crippen LogP contribution in [0.4, 0.5) is 0 Å². The molecule has 5 nitrogen and oxygen atoms in total. The molecule has 3 aromatic rings. The molecule has 0 aliphatic heterocycles. The predicted octanol–water partition coefficient (Wildman–Crippen LogP) is 3.78. The highest BCUT2D eigenvalue weighted by Gasteiger charge is 2.21. The van der Waals surface area contributed by atoms with E-state index in [1.165, 1.54) is 6.33 Å². The van der Waals surface area contributed by atoms with Gasteiger partial charge in [-0.15, -0.1) is 11.3 Å². The molecular formula is C18H20N4OS. The van der Waals surface area contributed by atoms with Gasteiger partial charge < -0.3 is 4.90 Å². The molecule has 24 heavy (non-hydrogen) atoms. The van der Waals surface area contributed by atoms with E-state index in [-0.39, 0.29) is 11.9 Å². The maximum absolute atomic E-state index is 12.8. The Bertz CT molecular complexity index is 837. The van der Waals surface area contributed by atoms with Crippen molar-refractivity contribution in [1.82, 2.24) is 19.7 Å². The summed E-state index contributed by atoms with van der Waals surface area (Å²) in [6, 6.07) is 9.98. The first kappa shape index (κ1) is 16.4. The lowest BCUT2D eigenvalue weighted by molar-refractivity contribution is 0.0742. The van der Waals surface area contributed by atoms with E-state index in [0.717, 1.165) is 26.6 Å². The number of carbonyl (C=O) groups is 1. The molecule has 2 heterocycles. The van der Waals surface area contributed by atoms with E-state index in [0.29, 0.717) is 0 Å². The fraction of sp³-hybridized carbons (Fsp3) is 0.278. The van der Waals surface area contributed by atoms with Crippen molar-refractivity contribution < 1.29 is 4.79 Å². The molecule has 6 heteroatoms. The molecule has 1 amide bonds. The second-order valence-electron chi connectivity index (χ2n) is 5.85. The zero-order valence-electron chi connectivity index (χ0n) is 14.2. The molecule has 124 valence electrons. The number of benzene rings is 1. The standard InChI is InChI=1S/C18H20N4OS/c1-12-9-17(14(3)24-12)18(23)21(4)13(2)15-5-7-16(8-6-15)22-11-19-10-20-22/h5-11,13H,1-4H3. The molecule has 1 unspecified atom stereocenters. The number of aryl methyl sites for hydroxylation is 2. The lowest BCUT2D eigenvalue weighted by Crippen LogP contribution is -2.29. The Balaban J connectivity index is 1.79. The molecular weight excluding hydrogens is 320 g/mol. The van der Waals surface area contributed by atoms with Gasteiger partial charge in [-0.1, -0.05) is 12.1 Å². The molecule has 0 N–H and O–H groups in total. The topological polar surface area (TPSA) is 51.0 Å². The van der Waals surface area contributed by atoms with Crippen LogP contribution in [0.2, 0.25) is 0 Å². The van der Waals surface area contributed by atoms with Crippen LogP contribution in [0.1, 0.15) is 38.6 Å². The minimum Gasteiger partial charge on any atom is -0.335 e. The van der Waals surface area contributed by atoms with Crippen LogP contribution < -0.4 is 0 Å². The Morgan fingerprint density at radius 2 is 1.96 bits per heavy atom. The van der Waals surface area contributed by atoms with Crippen LogP contribution in [0.25, 0.3) is 5.69 Å². The number of carbonyl (C=O) groups excluding carboxylic acids is 1. The van der Waals surface area contributed by atoms with Crippen molar-refractivity contribution in [1.29, 1.82) is 0 Å². The smallest absolute Gasteiger partial charge is 0.255 e. The second-order valence-corrected chi connectivity index (χ2v) is 7.31. The van der Waals surface area contributed by atoms with E-state index in [9.17, 15) is 4.79 Å². The Kier molecular flexibility index (Phi) is 4.49. The number of hydrogen-bond acceptors (Lipinski definition) is 4. The lowest BCUT2D eigenvalue weighted by atomic mass is 10.1. The average molecular weight is 340 g/mol. The Hall–Kier alpha value is -2.47. The molecule has 0 spiro atoms. The van der Waals surface area contributed by atoms with E-state index in [1.807, 2.05) is 58.2 Å². The summed E-state index contributed by atoms with van der Waals surface area (Å²) in [4.78, 5) is 20.7. The highest BCUT2D eigenvalue weighted by Crippen LogP contribution is 2.26. The third-order valence-electron chi connectivity index (χ3n) is 4.23. The molecule has 3 rings (SSSR count). The van der Waals surface area contributed by atoms with Crippen LogP contribution in [0, 0.1) is 13.8 Å².